The van der Waals surface area contributed by atoms with E-state index in [1.807, 2.05) is 67.6 Å². The summed E-state index contributed by atoms with van der Waals surface area (Å²) < 4.78 is 0. The zero-order valence-electron chi connectivity index (χ0n) is 11.7. The van der Waals surface area contributed by atoms with E-state index in [9.17, 15) is 4.79 Å². The molecule has 0 aliphatic carbocycles. The Bertz CT molecular complexity index is 575. The summed E-state index contributed by atoms with van der Waals surface area (Å²) in [4.78, 5) is 12.3. The van der Waals surface area contributed by atoms with Crippen molar-refractivity contribution in [3.05, 3.63) is 78.4 Å². The molecule has 0 bridgehead atoms. The number of carbonyl (C=O) groups excluding carboxylic acids is 1. The van der Waals surface area contributed by atoms with E-state index < -0.39 is 0 Å². The van der Waals surface area contributed by atoms with Gasteiger partial charge in [0.15, 0.2) is 5.78 Å². The van der Waals surface area contributed by atoms with Crippen LogP contribution in [0.1, 0.15) is 23.7 Å². The maximum Gasteiger partial charge on any atom is 0.165 e. The number of benzene rings is 2. The maximum absolute atomic E-state index is 12.3. The van der Waals surface area contributed by atoms with Gasteiger partial charge in [-0.05, 0) is 19.1 Å². The van der Waals surface area contributed by atoms with Crippen LogP contribution in [-0.2, 0) is 0 Å². The molecule has 1 unspecified atom stereocenters. The van der Waals surface area contributed by atoms with Crippen molar-refractivity contribution in [3.63, 3.8) is 0 Å². The van der Waals surface area contributed by atoms with Gasteiger partial charge in [0.25, 0.3) is 0 Å². The van der Waals surface area contributed by atoms with Crippen molar-refractivity contribution in [3.8, 4) is 0 Å². The smallest absolute Gasteiger partial charge is 0.165 e. The monoisotopic (exact) mass is 265 g/mol. The molecule has 2 heteroatoms. The van der Waals surface area contributed by atoms with E-state index in [4.69, 9.17) is 0 Å². The second kappa shape index (κ2) is 6.71. The highest BCUT2D eigenvalue weighted by atomic mass is 16.1. The average molecular weight is 265 g/mol. The lowest BCUT2D eigenvalue weighted by Gasteiger charge is -2.19. The third-order valence-electron chi connectivity index (χ3n) is 3.19. The van der Waals surface area contributed by atoms with Gasteiger partial charge in [-0.15, -0.1) is 0 Å². The molecule has 20 heavy (non-hydrogen) atoms. The summed E-state index contributed by atoms with van der Waals surface area (Å²) in [7, 11) is 0. The number of hydrogen-bond acceptors (Lipinski definition) is 2. The molecule has 2 nitrogen and oxygen atoms in total. The number of anilines is 1. The van der Waals surface area contributed by atoms with Gasteiger partial charge in [0.05, 0.1) is 6.04 Å². The molecular formula is C18H19NO. The van der Waals surface area contributed by atoms with Crippen LogP contribution in [0.2, 0.25) is 0 Å². The van der Waals surface area contributed by atoms with Crippen LogP contribution >= 0.6 is 0 Å². The van der Waals surface area contributed by atoms with E-state index in [0.29, 0.717) is 6.42 Å². The molecule has 1 atom stereocenters. The molecule has 2 aromatic rings. The Morgan fingerprint density at radius 1 is 1.05 bits per heavy atom. The summed E-state index contributed by atoms with van der Waals surface area (Å²) in [5.74, 6) is 0.127. The average Bonchev–Trinajstić information content (AvgIpc) is 2.48. The quantitative estimate of drug-likeness (QED) is 0.622. The van der Waals surface area contributed by atoms with E-state index in [1.165, 1.54) is 0 Å². The van der Waals surface area contributed by atoms with Crippen molar-refractivity contribution < 1.29 is 4.79 Å². The van der Waals surface area contributed by atoms with Crippen LogP contribution in [0.25, 0.3) is 0 Å². The Kier molecular flexibility index (Phi) is 4.72. The van der Waals surface area contributed by atoms with Crippen molar-refractivity contribution in [2.75, 3.05) is 5.32 Å². The fraction of sp³-hybridized carbons (Fsp3) is 0.167. The fourth-order valence-corrected chi connectivity index (χ4v) is 2.01. The maximum atomic E-state index is 12.3. The van der Waals surface area contributed by atoms with Gasteiger partial charge in [-0.3, -0.25) is 4.79 Å². The van der Waals surface area contributed by atoms with Crippen LogP contribution in [0.3, 0.4) is 0 Å². The number of Topliss-reactive ketones (excluding diaryl/α,β-unsaturated/α-hetero) is 1. The summed E-state index contributed by atoms with van der Waals surface area (Å²) in [5, 5.41) is 3.36. The van der Waals surface area contributed by atoms with Gasteiger partial charge >= 0.3 is 0 Å². The predicted octanol–water partition coefficient (Wildman–Crippen LogP) is 4.32. The lowest BCUT2D eigenvalue weighted by molar-refractivity contribution is 0.0980. The number of hydrogen-bond donors (Lipinski definition) is 1. The molecule has 0 saturated heterocycles. The van der Waals surface area contributed by atoms with Crippen LogP contribution in [0.4, 0.5) is 5.69 Å². The Balaban J connectivity index is 2.07. The largest absolute Gasteiger partial charge is 0.378 e. The second-order valence-corrected chi connectivity index (χ2v) is 4.90. The van der Waals surface area contributed by atoms with Crippen LogP contribution in [0, 0.1) is 0 Å². The van der Waals surface area contributed by atoms with Crippen LogP contribution in [0.5, 0.6) is 0 Å². The minimum Gasteiger partial charge on any atom is -0.378 e. The van der Waals surface area contributed by atoms with Gasteiger partial charge < -0.3 is 5.32 Å². The lowest BCUT2D eigenvalue weighted by Crippen LogP contribution is -2.24. The molecule has 0 aromatic heterocycles. The molecule has 0 amide bonds. The summed E-state index contributed by atoms with van der Waals surface area (Å²) in [5.41, 5.74) is 2.70. The van der Waals surface area contributed by atoms with Gasteiger partial charge in [-0.2, -0.15) is 0 Å². The fourth-order valence-electron chi connectivity index (χ4n) is 2.01. The Morgan fingerprint density at radius 3 is 2.15 bits per heavy atom. The Hall–Kier alpha value is -2.35. The first-order chi connectivity index (χ1) is 9.66. The summed E-state index contributed by atoms with van der Waals surface area (Å²) >= 11 is 0. The molecule has 0 radical (unpaired) electrons. The summed E-state index contributed by atoms with van der Waals surface area (Å²) in [6, 6.07) is 19.2. The molecule has 2 rings (SSSR count). The van der Waals surface area contributed by atoms with E-state index in [0.717, 1.165) is 16.8 Å². The van der Waals surface area contributed by atoms with Gasteiger partial charge in [0.1, 0.15) is 0 Å². The first-order valence-electron chi connectivity index (χ1n) is 6.72. The predicted molar refractivity (Wildman–Crippen MR) is 84.1 cm³/mol. The lowest BCUT2D eigenvalue weighted by atomic mass is 9.99. The van der Waals surface area contributed by atoms with Crippen LogP contribution in [0.15, 0.2) is 72.8 Å². The second-order valence-electron chi connectivity index (χ2n) is 4.90. The molecule has 0 fully saturated rings. The highest BCUT2D eigenvalue weighted by Gasteiger charge is 2.15. The first kappa shape index (κ1) is 14.1. The SMILES string of the molecule is C=C(C)C(CC(=O)c1ccccc1)Nc1ccccc1. The molecule has 0 aliphatic rings. The van der Waals surface area contributed by atoms with Gasteiger partial charge in [0, 0.05) is 17.7 Å². The third kappa shape index (κ3) is 3.82. The topological polar surface area (TPSA) is 29.1 Å². The molecule has 0 aliphatic heterocycles. The number of ketones is 1. The molecule has 0 spiro atoms. The number of carbonyl (C=O) groups is 1. The molecule has 102 valence electrons. The molecular weight excluding hydrogens is 246 g/mol. The Morgan fingerprint density at radius 2 is 1.60 bits per heavy atom. The van der Waals surface area contributed by atoms with E-state index in [1.54, 1.807) is 0 Å². The van der Waals surface area contributed by atoms with E-state index in [-0.39, 0.29) is 11.8 Å². The number of para-hydroxylation sites is 1. The van der Waals surface area contributed by atoms with Crippen molar-refractivity contribution in [2.45, 2.75) is 19.4 Å². The normalized spacial score (nSPS) is 11.7. The van der Waals surface area contributed by atoms with Gasteiger partial charge in [-0.25, -0.2) is 0 Å². The molecule has 0 saturated carbocycles. The Labute approximate surface area is 120 Å². The number of rotatable bonds is 6. The van der Waals surface area contributed by atoms with Crippen molar-refractivity contribution in [1.29, 1.82) is 0 Å². The zero-order valence-corrected chi connectivity index (χ0v) is 11.7. The third-order valence-corrected chi connectivity index (χ3v) is 3.19. The van der Waals surface area contributed by atoms with E-state index >= 15 is 0 Å². The molecule has 1 N–H and O–H groups in total. The minimum atomic E-state index is -0.0508. The highest BCUT2D eigenvalue weighted by molar-refractivity contribution is 5.96. The van der Waals surface area contributed by atoms with Crippen molar-refractivity contribution >= 4 is 11.5 Å². The number of nitrogens with one attached hydrogen (secondary N) is 1. The molecule has 2 aromatic carbocycles. The first-order valence-corrected chi connectivity index (χ1v) is 6.72. The van der Waals surface area contributed by atoms with Crippen LogP contribution < -0.4 is 5.32 Å². The van der Waals surface area contributed by atoms with Crippen molar-refractivity contribution in [2.24, 2.45) is 0 Å². The van der Waals surface area contributed by atoms with Gasteiger partial charge in [0.2, 0.25) is 0 Å². The minimum absolute atomic E-state index is 0.0508. The molecule has 0 heterocycles. The van der Waals surface area contributed by atoms with Gasteiger partial charge in [-0.1, -0.05) is 60.7 Å². The van der Waals surface area contributed by atoms with Crippen molar-refractivity contribution in [1.82, 2.24) is 0 Å². The zero-order chi connectivity index (χ0) is 14.4. The standard InChI is InChI=1S/C18H19NO/c1-14(2)17(19-16-11-7-4-8-12-16)13-18(20)15-9-5-3-6-10-15/h3-12,17,19H,1,13H2,2H3. The highest BCUT2D eigenvalue weighted by Crippen LogP contribution is 2.16. The van der Waals surface area contributed by atoms with Crippen LogP contribution in [-0.4, -0.2) is 11.8 Å². The van der Waals surface area contributed by atoms with E-state index in [2.05, 4.69) is 11.9 Å². The summed E-state index contributed by atoms with van der Waals surface area (Å²) in [6.07, 6.45) is 0.411. The summed E-state index contributed by atoms with van der Waals surface area (Å²) in [6.45, 7) is 5.93.